The fourth-order valence-corrected chi connectivity index (χ4v) is 2.97. The number of rotatable bonds is 7. The van der Waals surface area contributed by atoms with E-state index in [0.29, 0.717) is 12.6 Å². The van der Waals surface area contributed by atoms with Crippen LogP contribution in [0.3, 0.4) is 0 Å². The molecule has 20 heavy (non-hydrogen) atoms. The molecule has 0 bridgehead atoms. The molecule has 1 fully saturated rings. The van der Waals surface area contributed by atoms with E-state index < -0.39 is 0 Å². The molecule has 0 unspecified atom stereocenters. The van der Waals surface area contributed by atoms with E-state index in [9.17, 15) is 0 Å². The van der Waals surface area contributed by atoms with Crippen molar-refractivity contribution in [3.05, 3.63) is 35.9 Å². The quantitative estimate of drug-likeness (QED) is 0.831. The Morgan fingerprint density at radius 1 is 1.30 bits per heavy atom. The summed E-state index contributed by atoms with van der Waals surface area (Å²) in [5.41, 5.74) is 7.14. The van der Waals surface area contributed by atoms with E-state index in [1.807, 2.05) is 6.07 Å². The maximum Gasteiger partial charge on any atom is 0.0737 e. The zero-order chi connectivity index (χ0) is 14.2. The SMILES string of the molecule is CN1CCCC[C@@H]1CCO[C@H](CN)Cc1ccccc1. The smallest absolute Gasteiger partial charge is 0.0737 e. The molecule has 0 saturated carbocycles. The van der Waals surface area contributed by atoms with Crippen LogP contribution in [0, 0.1) is 0 Å². The van der Waals surface area contributed by atoms with Gasteiger partial charge in [0.1, 0.15) is 0 Å². The van der Waals surface area contributed by atoms with Crippen molar-refractivity contribution in [2.45, 2.75) is 44.2 Å². The molecule has 2 rings (SSSR count). The summed E-state index contributed by atoms with van der Waals surface area (Å²) in [6.07, 6.45) is 6.20. The molecule has 0 radical (unpaired) electrons. The Hall–Kier alpha value is -0.900. The number of benzene rings is 1. The standard InChI is InChI=1S/C17H28N2O/c1-19-11-6-5-9-16(19)10-12-20-17(14-18)13-15-7-3-2-4-8-15/h2-4,7-8,16-17H,5-6,9-14,18H2,1H3/t16-,17+/m1/s1. The zero-order valence-corrected chi connectivity index (χ0v) is 12.6. The Morgan fingerprint density at radius 2 is 2.10 bits per heavy atom. The first kappa shape index (κ1) is 15.5. The van der Waals surface area contributed by atoms with Gasteiger partial charge in [0, 0.05) is 19.2 Å². The number of nitrogens with two attached hydrogens (primary N) is 1. The van der Waals surface area contributed by atoms with E-state index in [4.69, 9.17) is 10.5 Å². The van der Waals surface area contributed by atoms with Crippen molar-refractivity contribution in [2.75, 3.05) is 26.7 Å². The zero-order valence-electron chi connectivity index (χ0n) is 12.6. The molecule has 1 saturated heterocycles. The molecule has 112 valence electrons. The largest absolute Gasteiger partial charge is 0.376 e. The molecule has 1 aliphatic rings. The van der Waals surface area contributed by atoms with Crippen LogP contribution < -0.4 is 5.73 Å². The molecule has 0 amide bonds. The normalized spacial score (nSPS) is 21.8. The molecule has 1 aromatic rings. The summed E-state index contributed by atoms with van der Waals surface area (Å²) in [5.74, 6) is 0. The van der Waals surface area contributed by atoms with E-state index in [-0.39, 0.29) is 6.10 Å². The van der Waals surface area contributed by atoms with Crippen molar-refractivity contribution in [1.82, 2.24) is 4.90 Å². The third-order valence-electron chi connectivity index (χ3n) is 4.30. The van der Waals surface area contributed by atoms with Crippen molar-refractivity contribution in [2.24, 2.45) is 5.73 Å². The van der Waals surface area contributed by atoms with Gasteiger partial charge in [0.25, 0.3) is 0 Å². The molecule has 0 aliphatic carbocycles. The molecule has 0 aromatic heterocycles. The van der Waals surface area contributed by atoms with Crippen molar-refractivity contribution in [1.29, 1.82) is 0 Å². The van der Waals surface area contributed by atoms with Crippen LogP contribution >= 0.6 is 0 Å². The van der Waals surface area contributed by atoms with Gasteiger partial charge in [-0.1, -0.05) is 36.8 Å². The number of hydrogen-bond acceptors (Lipinski definition) is 3. The van der Waals surface area contributed by atoms with Gasteiger partial charge in [0.15, 0.2) is 0 Å². The van der Waals surface area contributed by atoms with E-state index >= 15 is 0 Å². The van der Waals surface area contributed by atoms with E-state index in [1.54, 1.807) is 0 Å². The Bertz CT molecular complexity index is 369. The number of hydrogen-bond donors (Lipinski definition) is 1. The topological polar surface area (TPSA) is 38.5 Å². The van der Waals surface area contributed by atoms with Crippen LogP contribution in [0.25, 0.3) is 0 Å². The Labute approximate surface area is 123 Å². The van der Waals surface area contributed by atoms with E-state index in [0.717, 1.165) is 19.4 Å². The highest BCUT2D eigenvalue weighted by atomic mass is 16.5. The predicted octanol–water partition coefficient (Wildman–Crippen LogP) is 2.45. The molecule has 2 N–H and O–H groups in total. The monoisotopic (exact) mass is 276 g/mol. The predicted molar refractivity (Wildman–Crippen MR) is 83.8 cm³/mol. The van der Waals surface area contributed by atoms with Gasteiger partial charge in [-0.25, -0.2) is 0 Å². The van der Waals surface area contributed by atoms with Crippen LogP contribution in [0.5, 0.6) is 0 Å². The van der Waals surface area contributed by atoms with Crippen LogP contribution in [-0.2, 0) is 11.2 Å². The van der Waals surface area contributed by atoms with Gasteiger partial charge in [-0.05, 0) is 44.8 Å². The average molecular weight is 276 g/mol. The molecular formula is C17H28N2O. The van der Waals surface area contributed by atoms with Crippen molar-refractivity contribution in [3.63, 3.8) is 0 Å². The second-order valence-corrected chi connectivity index (χ2v) is 5.84. The Morgan fingerprint density at radius 3 is 2.80 bits per heavy atom. The van der Waals surface area contributed by atoms with E-state index in [1.165, 1.54) is 31.4 Å². The molecule has 1 aromatic carbocycles. The number of piperidine rings is 1. The van der Waals surface area contributed by atoms with Gasteiger partial charge in [-0.2, -0.15) is 0 Å². The highest BCUT2D eigenvalue weighted by molar-refractivity contribution is 5.15. The van der Waals surface area contributed by atoms with Crippen LogP contribution in [-0.4, -0.2) is 43.8 Å². The molecule has 2 atom stereocenters. The first-order valence-electron chi connectivity index (χ1n) is 7.85. The Kier molecular flexibility index (Phi) is 6.51. The maximum atomic E-state index is 5.99. The Balaban J connectivity index is 1.71. The van der Waals surface area contributed by atoms with Gasteiger partial charge in [-0.15, -0.1) is 0 Å². The van der Waals surface area contributed by atoms with Crippen LogP contribution in [0.4, 0.5) is 0 Å². The number of ether oxygens (including phenoxy) is 1. The minimum atomic E-state index is 0.145. The summed E-state index contributed by atoms with van der Waals surface area (Å²) in [5, 5.41) is 0. The van der Waals surface area contributed by atoms with Crippen LogP contribution in [0.1, 0.15) is 31.2 Å². The maximum absolute atomic E-state index is 5.99. The molecule has 1 aliphatic heterocycles. The van der Waals surface area contributed by atoms with Crippen LogP contribution in [0.2, 0.25) is 0 Å². The third kappa shape index (κ3) is 4.89. The first-order valence-corrected chi connectivity index (χ1v) is 7.85. The lowest BCUT2D eigenvalue weighted by molar-refractivity contribution is 0.0390. The summed E-state index contributed by atoms with van der Waals surface area (Å²) in [4.78, 5) is 2.47. The van der Waals surface area contributed by atoms with Crippen molar-refractivity contribution in [3.8, 4) is 0 Å². The van der Waals surface area contributed by atoms with Gasteiger partial charge in [0.05, 0.1) is 6.10 Å². The first-order chi connectivity index (χ1) is 9.79. The number of likely N-dealkylation sites (tertiary alicyclic amines) is 1. The second-order valence-electron chi connectivity index (χ2n) is 5.84. The average Bonchev–Trinajstić information content (AvgIpc) is 2.49. The third-order valence-corrected chi connectivity index (χ3v) is 4.30. The minimum Gasteiger partial charge on any atom is -0.376 e. The molecular weight excluding hydrogens is 248 g/mol. The van der Waals surface area contributed by atoms with Gasteiger partial charge in [-0.3, -0.25) is 0 Å². The lowest BCUT2D eigenvalue weighted by atomic mass is 10.0. The second kappa shape index (κ2) is 8.40. The molecule has 3 nitrogen and oxygen atoms in total. The van der Waals surface area contributed by atoms with Gasteiger partial charge in [0.2, 0.25) is 0 Å². The van der Waals surface area contributed by atoms with Gasteiger partial charge < -0.3 is 15.4 Å². The molecule has 0 spiro atoms. The summed E-state index contributed by atoms with van der Waals surface area (Å²) < 4.78 is 5.99. The molecule has 1 heterocycles. The van der Waals surface area contributed by atoms with Crippen LogP contribution in [0.15, 0.2) is 30.3 Å². The molecule has 3 heteroatoms. The van der Waals surface area contributed by atoms with Gasteiger partial charge >= 0.3 is 0 Å². The summed E-state index contributed by atoms with van der Waals surface area (Å²) in [7, 11) is 2.23. The highest BCUT2D eigenvalue weighted by Gasteiger charge is 2.19. The fourth-order valence-electron chi connectivity index (χ4n) is 2.97. The fraction of sp³-hybridized carbons (Fsp3) is 0.647. The van der Waals surface area contributed by atoms with Crippen molar-refractivity contribution < 1.29 is 4.74 Å². The minimum absolute atomic E-state index is 0.145. The van der Waals surface area contributed by atoms with Crippen molar-refractivity contribution >= 4 is 0 Å². The van der Waals surface area contributed by atoms with E-state index in [2.05, 4.69) is 36.2 Å². The summed E-state index contributed by atoms with van der Waals surface area (Å²) in [6, 6.07) is 11.2. The number of nitrogens with zero attached hydrogens (tertiary/aromatic N) is 1. The lowest BCUT2D eigenvalue weighted by Crippen LogP contribution is -2.37. The summed E-state index contributed by atoms with van der Waals surface area (Å²) >= 11 is 0. The highest BCUT2D eigenvalue weighted by Crippen LogP contribution is 2.18. The lowest BCUT2D eigenvalue weighted by Gasteiger charge is -2.32. The summed E-state index contributed by atoms with van der Waals surface area (Å²) in [6.45, 7) is 2.65.